The van der Waals surface area contributed by atoms with Crippen molar-refractivity contribution in [1.82, 2.24) is 10.3 Å². The van der Waals surface area contributed by atoms with Gasteiger partial charge in [-0.2, -0.15) is 0 Å². The zero-order valence-electron chi connectivity index (χ0n) is 15.1. The number of quaternary nitrogens is 1. The standard InChI is InChI=1S/C20H23N3OS2/c1-23(2)14-16-8-4-3-7-15(16)13-21-19(24)11-12-25-20-22-17-9-5-6-10-18(17)26-20/h3-10H,11-14H2,1-2H3,(H,21,24)/p+1. The monoisotopic (exact) mass is 386 g/mol. The highest BCUT2D eigenvalue weighted by molar-refractivity contribution is 8.01. The Morgan fingerprint density at radius 1 is 1.12 bits per heavy atom. The Labute approximate surface area is 162 Å². The number of para-hydroxylation sites is 1. The highest BCUT2D eigenvalue weighted by Gasteiger charge is 2.09. The Hall–Kier alpha value is -1.89. The predicted octanol–water partition coefficient (Wildman–Crippen LogP) is 2.74. The number of carbonyl (C=O) groups excluding carboxylic acids is 1. The van der Waals surface area contributed by atoms with E-state index in [-0.39, 0.29) is 5.91 Å². The zero-order valence-corrected chi connectivity index (χ0v) is 16.8. The van der Waals surface area contributed by atoms with Crippen molar-refractivity contribution in [3.05, 3.63) is 59.7 Å². The van der Waals surface area contributed by atoms with E-state index in [4.69, 9.17) is 0 Å². The van der Waals surface area contributed by atoms with Crippen LogP contribution in [0.3, 0.4) is 0 Å². The average Bonchev–Trinajstić information content (AvgIpc) is 3.03. The summed E-state index contributed by atoms with van der Waals surface area (Å²) in [7, 11) is 4.27. The molecule has 3 rings (SSSR count). The van der Waals surface area contributed by atoms with Gasteiger partial charge in [0.25, 0.3) is 0 Å². The van der Waals surface area contributed by atoms with Crippen LogP contribution in [-0.2, 0) is 17.9 Å². The fourth-order valence-electron chi connectivity index (χ4n) is 2.71. The molecular formula is C20H24N3OS2+. The van der Waals surface area contributed by atoms with Crippen LogP contribution in [0, 0.1) is 0 Å². The molecule has 0 unspecified atom stereocenters. The van der Waals surface area contributed by atoms with Crippen LogP contribution in [-0.4, -0.2) is 30.7 Å². The van der Waals surface area contributed by atoms with E-state index in [1.165, 1.54) is 20.7 Å². The molecule has 2 N–H and O–H groups in total. The molecule has 4 nitrogen and oxygen atoms in total. The number of nitrogens with one attached hydrogen (secondary N) is 2. The van der Waals surface area contributed by atoms with Gasteiger partial charge in [0.05, 0.1) is 24.3 Å². The predicted molar refractivity (Wildman–Crippen MR) is 110 cm³/mol. The van der Waals surface area contributed by atoms with Crippen LogP contribution in [0.15, 0.2) is 52.9 Å². The van der Waals surface area contributed by atoms with Crippen molar-refractivity contribution in [2.75, 3.05) is 19.8 Å². The van der Waals surface area contributed by atoms with E-state index in [1.54, 1.807) is 23.1 Å². The van der Waals surface area contributed by atoms with Crippen molar-refractivity contribution in [3.63, 3.8) is 0 Å². The minimum atomic E-state index is 0.0885. The third-order valence-corrected chi connectivity index (χ3v) is 6.15. The summed E-state index contributed by atoms with van der Waals surface area (Å²) in [5.41, 5.74) is 3.52. The molecule has 0 aliphatic carbocycles. The SMILES string of the molecule is C[NH+](C)Cc1ccccc1CNC(=O)CCSc1nc2ccccc2s1. The van der Waals surface area contributed by atoms with Gasteiger partial charge in [-0.15, -0.1) is 11.3 Å². The van der Waals surface area contributed by atoms with Crippen LogP contribution in [0.4, 0.5) is 0 Å². The van der Waals surface area contributed by atoms with E-state index in [2.05, 4.69) is 48.7 Å². The maximum atomic E-state index is 12.2. The van der Waals surface area contributed by atoms with Crippen LogP contribution in [0.5, 0.6) is 0 Å². The first-order valence-corrected chi connectivity index (χ1v) is 10.5. The molecule has 136 valence electrons. The molecular weight excluding hydrogens is 362 g/mol. The van der Waals surface area contributed by atoms with Crippen LogP contribution < -0.4 is 10.2 Å². The normalized spacial score (nSPS) is 11.2. The summed E-state index contributed by atoms with van der Waals surface area (Å²) >= 11 is 3.34. The number of amides is 1. The number of nitrogens with zero attached hydrogens (tertiary/aromatic N) is 1. The van der Waals surface area contributed by atoms with E-state index in [1.807, 2.05) is 24.3 Å². The topological polar surface area (TPSA) is 46.4 Å². The number of thiazole rings is 1. The summed E-state index contributed by atoms with van der Waals surface area (Å²) < 4.78 is 2.22. The molecule has 2 aromatic carbocycles. The molecule has 1 amide bonds. The van der Waals surface area contributed by atoms with E-state index in [9.17, 15) is 4.79 Å². The first kappa shape index (κ1) is 18.9. The summed E-state index contributed by atoms with van der Waals surface area (Å²) in [5.74, 6) is 0.834. The highest BCUT2D eigenvalue weighted by atomic mass is 32.2. The lowest BCUT2D eigenvalue weighted by molar-refractivity contribution is -0.872. The second-order valence-electron chi connectivity index (χ2n) is 6.48. The maximum Gasteiger partial charge on any atom is 0.221 e. The number of hydrogen-bond acceptors (Lipinski definition) is 4. The molecule has 6 heteroatoms. The van der Waals surface area contributed by atoms with Crippen LogP contribution in [0.2, 0.25) is 0 Å². The van der Waals surface area contributed by atoms with E-state index in [0.717, 1.165) is 22.2 Å². The molecule has 3 aromatic rings. The Balaban J connectivity index is 1.46. The van der Waals surface area contributed by atoms with Gasteiger partial charge in [-0.25, -0.2) is 4.98 Å². The summed E-state index contributed by atoms with van der Waals surface area (Å²) in [4.78, 5) is 18.1. The van der Waals surface area contributed by atoms with Crippen LogP contribution in [0.1, 0.15) is 17.5 Å². The molecule has 26 heavy (non-hydrogen) atoms. The van der Waals surface area contributed by atoms with Crippen molar-refractivity contribution in [2.45, 2.75) is 23.8 Å². The third kappa shape index (κ3) is 5.30. The highest BCUT2D eigenvalue weighted by Crippen LogP contribution is 2.29. The van der Waals surface area contributed by atoms with Gasteiger partial charge in [0.2, 0.25) is 5.91 Å². The molecule has 0 aliphatic heterocycles. The van der Waals surface area contributed by atoms with E-state index in [0.29, 0.717) is 13.0 Å². The number of rotatable bonds is 8. The van der Waals surface area contributed by atoms with Gasteiger partial charge < -0.3 is 10.2 Å². The number of hydrogen-bond donors (Lipinski definition) is 2. The molecule has 0 spiro atoms. The molecule has 0 bridgehead atoms. The minimum absolute atomic E-state index is 0.0885. The number of carbonyl (C=O) groups is 1. The lowest BCUT2D eigenvalue weighted by Gasteiger charge is -2.12. The first-order chi connectivity index (χ1) is 12.6. The van der Waals surface area contributed by atoms with E-state index >= 15 is 0 Å². The van der Waals surface area contributed by atoms with Gasteiger partial charge in [-0.1, -0.05) is 48.2 Å². The number of fused-ring (bicyclic) bond motifs is 1. The summed E-state index contributed by atoms with van der Waals surface area (Å²) in [5, 5.41) is 3.05. The van der Waals surface area contributed by atoms with Gasteiger partial charge in [0.1, 0.15) is 6.54 Å². The molecule has 1 aromatic heterocycles. The summed E-state index contributed by atoms with van der Waals surface area (Å²) in [6, 6.07) is 16.4. The van der Waals surface area contributed by atoms with Crippen LogP contribution >= 0.6 is 23.1 Å². The Bertz CT molecular complexity index is 843. The third-order valence-electron chi connectivity index (χ3n) is 3.97. The van der Waals surface area contributed by atoms with Crippen molar-refractivity contribution in [2.24, 2.45) is 0 Å². The van der Waals surface area contributed by atoms with Crippen molar-refractivity contribution < 1.29 is 9.69 Å². The van der Waals surface area contributed by atoms with Crippen molar-refractivity contribution in [1.29, 1.82) is 0 Å². The largest absolute Gasteiger partial charge is 0.352 e. The fraction of sp³-hybridized carbons (Fsp3) is 0.300. The Morgan fingerprint density at radius 2 is 1.85 bits per heavy atom. The van der Waals surface area contributed by atoms with Crippen molar-refractivity contribution in [3.8, 4) is 0 Å². The number of aromatic nitrogens is 1. The summed E-state index contributed by atoms with van der Waals surface area (Å²) in [6.07, 6.45) is 0.502. The Morgan fingerprint density at radius 3 is 2.62 bits per heavy atom. The van der Waals surface area contributed by atoms with E-state index < -0.39 is 0 Å². The number of benzene rings is 2. The smallest absolute Gasteiger partial charge is 0.221 e. The second-order valence-corrected chi connectivity index (χ2v) is 8.85. The summed E-state index contributed by atoms with van der Waals surface area (Å²) in [6.45, 7) is 1.55. The second kappa shape index (κ2) is 9.16. The molecule has 0 saturated heterocycles. The Kier molecular flexibility index (Phi) is 6.66. The van der Waals surface area contributed by atoms with Gasteiger partial charge in [-0.05, 0) is 17.7 Å². The molecule has 1 heterocycles. The molecule has 0 aliphatic rings. The first-order valence-electron chi connectivity index (χ1n) is 8.72. The van der Waals surface area contributed by atoms with Gasteiger partial charge in [0.15, 0.2) is 4.34 Å². The zero-order chi connectivity index (χ0) is 18.4. The fourth-order valence-corrected chi connectivity index (χ4v) is 4.79. The molecule has 0 atom stereocenters. The van der Waals surface area contributed by atoms with Gasteiger partial charge in [0, 0.05) is 24.3 Å². The van der Waals surface area contributed by atoms with Gasteiger partial charge >= 0.3 is 0 Å². The van der Waals surface area contributed by atoms with Crippen molar-refractivity contribution >= 4 is 39.2 Å². The quantitative estimate of drug-likeness (QED) is 0.585. The lowest BCUT2D eigenvalue weighted by Crippen LogP contribution is -3.04. The number of thioether (sulfide) groups is 1. The average molecular weight is 387 g/mol. The molecule has 0 saturated carbocycles. The molecule has 0 radical (unpaired) electrons. The molecule has 0 fully saturated rings. The lowest BCUT2D eigenvalue weighted by atomic mass is 10.1. The minimum Gasteiger partial charge on any atom is -0.352 e. The van der Waals surface area contributed by atoms with Crippen LogP contribution in [0.25, 0.3) is 10.2 Å². The maximum absolute atomic E-state index is 12.2. The van der Waals surface area contributed by atoms with Gasteiger partial charge in [-0.3, -0.25) is 4.79 Å².